The summed E-state index contributed by atoms with van der Waals surface area (Å²) in [6.07, 6.45) is 1.27. The number of nitrogens with zero attached hydrogens (tertiary/aromatic N) is 2. The SMILES string of the molecule is CNC(=O)c1cc(Cl)c(F)cc1NC(=O)C1(c2ccccc2C(C)C)CN(c2ccc(C(=O)O)cn2)C1. The zero-order valence-electron chi connectivity index (χ0n) is 20.5. The van der Waals surface area contributed by atoms with Crippen molar-refractivity contribution in [1.82, 2.24) is 10.3 Å². The zero-order chi connectivity index (χ0) is 26.9. The summed E-state index contributed by atoms with van der Waals surface area (Å²) in [6.45, 7) is 4.55. The maximum atomic E-state index is 14.4. The molecule has 3 aromatic rings. The number of pyridine rings is 1. The highest BCUT2D eigenvalue weighted by molar-refractivity contribution is 6.31. The normalized spacial score (nSPS) is 14.2. The molecule has 2 amide bonds. The minimum Gasteiger partial charge on any atom is -0.478 e. The molecule has 1 aliphatic heterocycles. The molecule has 37 heavy (non-hydrogen) atoms. The molecule has 1 aliphatic rings. The minimum absolute atomic E-state index is 0.00930. The molecule has 3 N–H and O–H groups in total. The number of carboxylic acids is 1. The lowest BCUT2D eigenvalue weighted by Crippen LogP contribution is -2.65. The van der Waals surface area contributed by atoms with Gasteiger partial charge in [0.25, 0.3) is 5.91 Å². The summed E-state index contributed by atoms with van der Waals surface area (Å²) in [5.41, 5.74) is 0.873. The van der Waals surface area contributed by atoms with Crippen molar-refractivity contribution in [3.05, 3.63) is 87.8 Å². The fraction of sp³-hybridized carbons (Fsp3) is 0.259. The number of benzene rings is 2. The molecule has 0 bridgehead atoms. The van der Waals surface area contributed by atoms with Crippen molar-refractivity contribution in [2.45, 2.75) is 25.2 Å². The second kappa shape index (κ2) is 10.2. The Labute approximate surface area is 218 Å². The van der Waals surface area contributed by atoms with Crippen LogP contribution in [-0.4, -0.2) is 48.0 Å². The van der Waals surface area contributed by atoms with Crippen LogP contribution in [0.4, 0.5) is 15.9 Å². The van der Waals surface area contributed by atoms with Gasteiger partial charge in [0.05, 0.1) is 21.8 Å². The van der Waals surface area contributed by atoms with Gasteiger partial charge in [0.2, 0.25) is 5.91 Å². The average Bonchev–Trinajstić information content (AvgIpc) is 2.85. The molecular weight excluding hydrogens is 499 g/mol. The van der Waals surface area contributed by atoms with E-state index in [4.69, 9.17) is 16.7 Å². The van der Waals surface area contributed by atoms with E-state index in [2.05, 4.69) is 15.6 Å². The van der Waals surface area contributed by atoms with Crippen LogP contribution in [0.5, 0.6) is 0 Å². The first-order chi connectivity index (χ1) is 17.6. The van der Waals surface area contributed by atoms with Gasteiger partial charge in [-0.25, -0.2) is 14.2 Å². The van der Waals surface area contributed by atoms with E-state index >= 15 is 0 Å². The summed E-state index contributed by atoms with van der Waals surface area (Å²) < 4.78 is 14.4. The van der Waals surface area contributed by atoms with Crippen LogP contribution in [0.1, 0.15) is 51.6 Å². The van der Waals surface area contributed by atoms with E-state index in [0.717, 1.165) is 17.2 Å². The van der Waals surface area contributed by atoms with Crippen molar-refractivity contribution in [2.75, 3.05) is 30.4 Å². The number of anilines is 2. The van der Waals surface area contributed by atoms with Crippen LogP contribution in [0.3, 0.4) is 0 Å². The molecule has 2 aromatic carbocycles. The van der Waals surface area contributed by atoms with E-state index in [-0.39, 0.29) is 40.8 Å². The smallest absolute Gasteiger partial charge is 0.337 e. The third kappa shape index (κ3) is 4.86. The lowest BCUT2D eigenvalue weighted by Gasteiger charge is -2.50. The number of aromatic nitrogens is 1. The van der Waals surface area contributed by atoms with Crippen LogP contribution in [0.2, 0.25) is 5.02 Å². The first-order valence-corrected chi connectivity index (χ1v) is 12.0. The third-order valence-electron chi connectivity index (χ3n) is 6.55. The predicted octanol–water partition coefficient (Wildman–Crippen LogP) is 4.45. The van der Waals surface area contributed by atoms with Crippen molar-refractivity contribution in [3.63, 3.8) is 0 Å². The van der Waals surface area contributed by atoms with Gasteiger partial charge in [-0.15, -0.1) is 0 Å². The van der Waals surface area contributed by atoms with Crippen molar-refractivity contribution in [3.8, 4) is 0 Å². The highest BCUT2D eigenvalue weighted by Crippen LogP contribution is 2.42. The van der Waals surface area contributed by atoms with Crippen LogP contribution in [-0.2, 0) is 10.2 Å². The van der Waals surface area contributed by atoms with Gasteiger partial charge in [0.1, 0.15) is 17.1 Å². The molecule has 0 spiro atoms. The molecule has 0 aliphatic carbocycles. The maximum absolute atomic E-state index is 14.4. The third-order valence-corrected chi connectivity index (χ3v) is 6.84. The molecule has 0 atom stereocenters. The molecule has 10 heteroatoms. The summed E-state index contributed by atoms with van der Waals surface area (Å²) in [7, 11) is 1.43. The molecule has 0 saturated carbocycles. The second-order valence-electron chi connectivity index (χ2n) is 9.24. The number of carbonyl (C=O) groups is 3. The number of hydrogen-bond donors (Lipinski definition) is 3. The molecule has 1 saturated heterocycles. The monoisotopic (exact) mass is 524 g/mol. The Hall–Kier alpha value is -3.98. The lowest BCUT2D eigenvalue weighted by atomic mass is 9.69. The standard InChI is InChI=1S/C27H26ClFN4O4/c1-15(2)17-6-4-5-7-19(17)27(13-33(14-27)23-9-8-16(12-31-23)25(35)36)26(37)32-22-11-21(29)20(28)10-18(22)24(34)30-3/h4-12,15H,13-14H2,1-3H3,(H,30,34)(H,32,37)(H,35,36). The second-order valence-corrected chi connectivity index (χ2v) is 9.64. The molecular formula is C27H26ClFN4O4. The largest absolute Gasteiger partial charge is 0.478 e. The number of carbonyl (C=O) groups excluding carboxylic acids is 2. The van der Waals surface area contributed by atoms with E-state index in [1.54, 1.807) is 6.07 Å². The number of aromatic carboxylic acids is 1. The Morgan fingerprint density at radius 3 is 2.43 bits per heavy atom. The molecule has 2 heterocycles. The average molecular weight is 525 g/mol. The maximum Gasteiger partial charge on any atom is 0.337 e. The van der Waals surface area contributed by atoms with Crippen LogP contribution in [0.25, 0.3) is 0 Å². The van der Waals surface area contributed by atoms with Gasteiger partial charge >= 0.3 is 5.97 Å². The summed E-state index contributed by atoms with van der Waals surface area (Å²) in [5, 5.41) is 14.2. The number of nitrogens with one attached hydrogen (secondary N) is 2. The van der Waals surface area contributed by atoms with E-state index in [0.29, 0.717) is 5.82 Å². The fourth-order valence-corrected chi connectivity index (χ4v) is 4.72. The quantitative estimate of drug-likeness (QED) is 0.421. The number of hydrogen-bond acceptors (Lipinski definition) is 5. The number of amides is 2. The predicted molar refractivity (Wildman–Crippen MR) is 139 cm³/mol. The molecule has 1 fully saturated rings. The molecule has 192 valence electrons. The van der Waals surface area contributed by atoms with Crippen molar-refractivity contribution < 1.29 is 23.9 Å². The van der Waals surface area contributed by atoms with Gasteiger partial charge in [-0.2, -0.15) is 0 Å². The van der Waals surface area contributed by atoms with E-state index in [9.17, 15) is 18.8 Å². The van der Waals surface area contributed by atoms with Crippen molar-refractivity contribution in [2.24, 2.45) is 0 Å². The number of rotatable bonds is 7. The van der Waals surface area contributed by atoms with Crippen molar-refractivity contribution in [1.29, 1.82) is 0 Å². The molecule has 4 rings (SSSR count). The topological polar surface area (TPSA) is 112 Å². The molecule has 1 aromatic heterocycles. The van der Waals surface area contributed by atoms with E-state index in [1.165, 1.54) is 25.4 Å². The fourth-order valence-electron chi connectivity index (χ4n) is 4.55. The van der Waals surface area contributed by atoms with Gasteiger partial charge in [-0.1, -0.05) is 49.7 Å². The van der Waals surface area contributed by atoms with Crippen molar-refractivity contribution >= 4 is 40.9 Å². The van der Waals surface area contributed by atoms with E-state index in [1.807, 2.05) is 43.0 Å². The number of carboxylic acid groups (broad SMARTS) is 1. The van der Waals surface area contributed by atoms with Gasteiger partial charge < -0.3 is 20.6 Å². The van der Waals surface area contributed by atoms with Crippen LogP contribution in [0, 0.1) is 5.82 Å². The zero-order valence-corrected chi connectivity index (χ0v) is 21.3. The molecule has 0 unspecified atom stereocenters. The Bertz CT molecular complexity index is 1370. The van der Waals surface area contributed by atoms with Gasteiger partial charge in [0, 0.05) is 26.3 Å². The van der Waals surface area contributed by atoms with Gasteiger partial charge in [-0.3, -0.25) is 9.59 Å². The lowest BCUT2D eigenvalue weighted by molar-refractivity contribution is -0.122. The Kier molecular flexibility index (Phi) is 7.18. The van der Waals surface area contributed by atoms with Crippen LogP contribution >= 0.6 is 11.6 Å². The van der Waals surface area contributed by atoms with Crippen LogP contribution < -0.4 is 15.5 Å². The molecule has 0 radical (unpaired) electrons. The summed E-state index contributed by atoms with van der Waals surface area (Å²) >= 11 is 5.90. The first-order valence-electron chi connectivity index (χ1n) is 11.6. The minimum atomic E-state index is -1.08. The summed E-state index contributed by atoms with van der Waals surface area (Å²) in [5.74, 6) is -2.13. The highest BCUT2D eigenvalue weighted by Gasteiger charge is 2.52. The number of halogens is 2. The Balaban J connectivity index is 1.73. The molecule has 8 nitrogen and oxygen atoms in total. The summed E-state index contributed by atoms with van der Waals surface area (Å²) in [4.78, 5) is 43.7. The Morgan fingerprint density at radius 2 is 1.84 bits per heavy atom. The highest BCUT2D eigenvalue weighted by atomic mass is 35.5. The Morgan fingerprint density at radius 1 is 1.14 bits per heavy atom. The van der Waals surface area contributed by atoms with Crippen LogP contribution in [0.15, 0.2) is 54.7 Å². The van der Waals surface area contributed by atoms with E-state index < -0.39 is 29.0 Å². The van der Waals surface area contributed by atoms with Gasteiger partial charge in [0.15, 0.2) is 0 Å². The first kappa shape index (κ1) is 26.1. The summed E-state index contributed by atoms with van der Waals surface area (Å²) in [6, 6.07) is 12.9. The van der Waals surface area contributed by atoms with Gasteiger partial charge in [-0.05, 0) is 41.3 Å².